The first kappa shape index (κ1) is 78.4. The van der Waals surface area contributed by atoms with Crippen molar-refractivity contribution < 1.29 is 103 Å². The van der Waals surface area contributed by atoms with Gasteiger partial charge < -0.3 is 113 Å². The molecule has 0 spiro atoms. The second kappa shape index (κ2) is 32.7. The maximum absolute atomic E-state index is 16.4. The summed E-state index contributed by atoms with van der Waals surface area (Å²) in [5.41, 5.74) is 4.93. The molecule has 5 fully saturated rings. The van der Waals surface area contributed by atoms with Gasteiger partial charge in [0.05, 0.1) is 17.5 Å². The Hall–Kier alpha value is -10.7. The Bertz CT molecular complexity index is 4600. The summed E-state index contributed by atoms with van der Waals surface area (Å²) in [5, 5.41) is 120. The van der Waals surface area contributed by atoms with Crippen LogP contribution >= 0.6 is 11.6 Å². The second-order valence-corrected chi connectivity index (χ2v) is 30.4. The van der Waals surface area contributed by atoms with Crippen molar-refractivity contribution in [3.63, 3.8) is 0 Å². The fourth-order valence-corrected chi connectivity index (χ4v) is 16.6. The monoisotopic (exact) mass is 1550 g/mol. The Morgan fingerprint density at radius 3 is 1.94 bits per heavy atom. The summed E-state index contributed by atoms with van der Waals surface area (Å²) in [4.78, 5) is 137. The number of fused-ring (bicyclic) bond motifs is 15. The summed E-state index contributed by atoms with van der Waals surface area (Å²) in [5.74, 6) is -12.5. The highest BCUT2D eigenvalue weighted by atomic mass is 35.5. The number of nitrogens with two attached hydrogens (primary N) is 1. The third-order valence-electron chi connectivity index (χ3n) is 21.8. The van der Waals surface area contributed by atoms with Gasteiger partial charge in [-0.15, -0.1) is 0 Å². The quantitative estimate of drug-likeness (QED) is 0.0745. The van der Waals surface area contributed by atoms with Gasteiger partial charge in [0.2, 0.25) is 59.3 Å². The zero-order valence-corrected chi connectivity index (χ0v) is 61.4. The molecule has 10 amide bonds. The average Bonchev–Trinajstić information content (AvgIpc) is 0.759. The number of aromatic hydroxyl groups is 3. The number of urea groups is 1. The lowest BCUT2D eigenvalue weighted by Crippen LogP contribution is -2.60. The van der Waals surface area contributed by atoms with E-state index in [4.69, 9.17) is 36.3 Å². The van der Waals surface area contributed by atoms with Crippen molar-refractivity contribution in [1.29, 1.82) is 0 Å². The number of aliphatic hydroxyl groups excluding tert-OH is 5. The Labute approximate surface area is 640 Å². The Morgan fingerprint density at radius 2 is 1.28 bits per heavy atom. The molecular formula is C78H88ClN11O21. The van der Waals surface area contributed by atoms with Crippen LogP contribution in [0.5, 0.6) is 46.0 Å². The molecule has 33 heteroatoms. The van der Waals surface area contributed by atoms with Crippen molar-refractivity contribution in [2.24, 2.45) is 35.3 Å². The first-order valence-corrected chi connectivity index (χ1v) is 37.1. The molecule has 6 heterocycles. The number of nitrogens with one attached hydrogen (secondary N) is 10. The van der Waals surface area contributed by atoms with Crippen LogP contribution in [0.4, 0.5) is 4.79 Å². The number of aryl methyl sites for hydroxylation is 1. The molecule has 15 bridgehead atoms. The van der Waals surface area contributed by atoms with E-state index in [-0.39, 0.29) is 92.2 Å². The van der Waals surface area contributed by atoms with Gasteiger partial charge in [0.15, 0.2) is 11.5 Å². The molecule has 16 rings (SSSR count). The standard InChI is InChI=1S/C78H88ClN11O21/c1-32(2)16-47(81-4)70(100)89-62-64(95)38-11-14-51(33(3)17-38)108-53-25-42-26-54(69(53)111-77-68(99)67(98)66(97)55(30-80)110-77)109-52-15-12-39(24-46(52)79)65(96)63-76(106)88-61(74(104)85-58-40-19-35-18-36(21-40)22-41(58)20-35)45-27-43(91)28-50(93)57(45)44-23-37(10-13-49(44)92)59(72(102)90-63)87-73(103)60(42)86-71(101)48(83-75(62)105)29-56(94)84-78(107)82-31-34-8-6-5-7-9-34/h5-15,17,23-28,32,35-36,40-41,47-48,55,58-68,77,81,91-93,95-99H,16,18-22,29-31,80H2,1-4H3,(H,83,105)(H,85,104)(H,86,101)(H,87,103)(H,88,106)(H,89,100)(H,90,102)(H2,82,84,94,107)/t35?,36?,40?,41?,47-,48+,55-,58?,59-,60-,61+,62-,63+,64-,65-,66-,67+,68-,77+/m1/s1. The molecule has 0 unspecified atom stereocenters. The first-order chi connectivity index (χ1) is 53.0. The van der Waals surface area contributed by atoms with Crippen LogP contribution < -0.4 is 73.1 Å². The molecule has 111 heavy (non-hydrogen) atoms. The number of carbonyl (C=O) groups is 9. The predicted octanol–water partition coefficient (Wildman–Crippen LogP) is 2.89. The van der Waals surface area contributed by atoms with E-state index in [1.54, 1.807) is 30.3 Å². The molecule has 1 saturated heterocycles. The van der Waals surface area contributed by atoms with Gasteiger partial charge in [-0.2, -0.15) is 0 Å². The third kappa shape index (κ3) is 16.7. The van der Waals surface area contributed by atoms with Gasteiger partial charge in [0.1, 0.15) is 102 Å². The minimum absolute atomic E-state index is 0.0320. The highest BCUT2D eigenvalue weighted by molar-refractivity contribution is 6.32. The van der Waals surface area contributed by atoms with Crippen molar-refractivity contribution in [1.82, 2.24) is 53.2 Å². The molecule has 20 N–H and O–H groups in total. The summed E-state index contributed by atoms with van der Waals surface area (Å²) >= 11 is 7.17. The summed E-state index contributed by atoms with van der Waals surface area (Å²) in [6.07, 6.45) is -9.82. The van der Waals surface area contributed by atoms with Gasteiger partial charge >= 0.3 is 6.03 Å². The Balaban J connectivity index is 0.997. The summed E-state index contributed by atoms with van der Waals surface area (Å²) in [6.45, 7) is 4.67. The maximum Gasteiger partial charge on any atom is 0.321 e. The van der Waals surface area contributed by atoms with Crippen molar-refractivity contribution in [3.8, 4) is 57.1 Å². The molecule has 6 aromatic carbocycles. The molecule has 4 saturated carbocycles. The van der Waals surface area contributed by atoms with Crippen LogP contribution in [-0.2, 0) is 49.6 Å². The zero-order valence-electron chi connectivity index (χ0n) is 60.6. The van der Waals surface area contributed by atoms with Gasteiger partial charge in [-0.25, -0.2) is 4.79 Å². The number of hydrogen-bond acceptors (Lipinski definition) is 23. The van der Waals surface area contributed by atoms with Crippen LogP contribution in [0, 0.1) is 36.5 Å². The molecule has 4 aliphatic carbocycles. The smallest absolute Gasteiger partial charge is 0.321 e. The zero-order chi connectivity index (χ0) is 79.1. The largest absolute Gasteiger partial charge is 0.508 e. The van der Waals surface area contributed by atoms with E-state index < -0.39 is 192 Å². The number of benzene rings is 6. The van der Waals surface area contributed by atoms with Gasteiger partial charge in [0.25, 0.3) is 0 Å². The molecule has 14 atom stereocenters. The minimum atomic E-state index is -2.32. The maximum atomic E-state index is 16.4. The van der Waals surface area contributed by atoms with E-state index in [1.165, 1.54) is 50.4 Å². The van der Waals surface area contributed by atoms with E-state index in [9.17, 15) is 55.2 Å². The second-order valence-electron chi connectivity index (χ2n) is 29.9. The van der Waals surface area contributed by atoms with Crippen LogP contribution in [0.1, 0.15) is 128 Å². The summed E-state index contributed by atoms with van der Waals surface area (Å²) < 4.78 is 25.8. The average molecular weight is 1550 g/mol. The Kier molecular flexibility index (Phi) is 23.1. The highest BCUT2D eigenvalue weighted by Gasteiger charge is 2.51. The number of aliphatic hydroxyl groups is 5. The van der Waals surface area contributed by atoms with E-state index in [2.05, 4.69) is 53.2 Å². The van der Waals surface area contributed by atoms with E-state index in [0.29, 0.717) is 17.4 Å². The summed E-state index contributed by atoms with van der Waals surface area (Å²) in [6, 6.07) is 8.55. The van der Waals surface area contributed by atoms with Crippen molar-refractivity contribution >= 4 is 64.9 Å². The van der Waals surface area contributed by atoms with Crippen LogP contribution in [0.25, 0.3) is 11.1 Å². The molecule has 6 aliphatic heterocycles. The third-order valence-corrected chi connectivity index (χ3v) is 22.1. The van der Waals surface area contributed by atoms with Crippen LogP contribution in [-0.4, -0.2) is 169 Å². The molecule has 0 radical (unpaired) electrons. The van der Waals surface area contributed by atoms with Gasteiger partial charge in [-0.05, 0) is 176 Å². The number of phenolic OH excluding ortho intramolecular Hbond substituents is 3. The molecule has 6 aromatic rings. The molecule has 10 aliphatic rings. The Morgan fingerprint density at radius 1 is 0.640 bits per heavy atom. The molecular weight excluding hydrogens is 1460 g/mol. The van der Waals surface area contributed by atoms with Crippen molar-refractivity contribution in [2.45, 2.75) is 164 Å². The number of phenols is 3. The van der Waals surface area contributed by atoms with Crippen molar-refractivity contribution in [2.75, 3.05) is 13.6 Å². The van der Waals surface area contributed by atoms with Crippen molar-refractivity contribution in [3.05, 3.63) is 153 Å². The van der Waals surface area contributed by atoms with Crippen LogP contribution in [0.15, 0.2) is 109 Å². The number of halogens is 1. The molecule has 588 valence electrons. The molecule has 32 nitrogen and oxygen atoms in total. The van der Waals surface area contributed by atoms with Crippen LogP contribution in [0.3, 0.4) is 0 Å². The number of carbonyl (C=O) groups excluding carboxylic acids is 9. The number of hydrogen-bond donors (Lipinski definition) is 19. The van der Waals surface area contributed by atoms with E-state index >= 15 is 28.8 Å². The predicted molar refractivity (Wildman–Crippen MR) is 394 cm³/mol. The normalized spacial score (nSPS) is 28.5. The number of rotatable bonds is 14. The summed E-state index contributed by atoms with van der Waals surface area (Å²) in [7, 11) is 1.50. The highest BCUT2D eigenvalue weighted by Crippen LogP contribution is 2.55. The van der Waals surface area contributed by atoms with E-state index in [0.717, 1.165) is 74.6 Å². The lowest BCUT2D eigenvalue weighted by Gasteiger charge is -2.54. The number of likely N-dealkylation sites (N-methyl/N-ethyl adjacent to an activating group) is 1. The number of ether oxygens (including phenoxy) is 4. The van der Waals surface area contributed by atoms with Gasteiger partial charge in [0, 0.05) is 36.3 Å². The topological polar surface area (TPSA) is 499 Å². The number of imide groups is 1. The van der Waals surface area contributed by atoms with Gasteiger partial charge in [-0.3, -0.25) is 43.7 Å². The first-order valence-electron chi connectivity index (χ1n) is 36.7. The lowest BCUT2D eigenvalue weighted by atomic mass is 9.54. The SMILES string of the molecule is CN[C@H](CC(C)C)C(=O)N[C@H]1C(=O)N[C@@H](CC(=O)NC(=O)NCc2ccccc2)C(=O)N[C@H]2C(=O)N[C@H]3C(=O)N[C@H](C(=O)N[C@H](C(=O)NC4C5CC6CC(C5)CC4C6)c4cc(O)cc(O)c4-c4cc3ccc4O)[C@H](O)c3ccc(c(Cl)c3)Oc3cc2cc(c3O[C@@H]2O[C@H](CN)[C@@H](O)[C@H](O)[C@H]2O)Oc2ccc(cc2C)[C@H]1O. The fraction of sp³-hybridized carbons (Fsp3) is 0.423. The molecule has 0 aromatic heterocycles. The number of amides is 10. The van der Waals surface area contributed by atoms with Crippen LogP contribution in [0.2, 0.25) is 5.02 Å². The minimum Gasteiger partial charge on any atom is -0.508 e. The fourth-order valence-electron chi connectivity index (χ4n) is 16.4. The lowest BCUT2D eigenvalue weighted by molar-refractivity contribution is -0.270. The van der Waals surface area contributed by atoms with E-state index in [1.807, 2.05) is 13.8 Å². The van der Waals surface area contributed by atoms with Gasteiger partial charge in [-0.1, -0.05) is 74.0 Å².